The summed E-state index contributed by atoms with van der Waals surface area (Å²) < 4.78 is 34.5. The molecular formula is C25H26F2N6O2S. The van der Waals surface area contributed by atoms with Gasteiger partial charge in [-0.2, -0.15) is 10.4 Å². The fourth-order valence-electron chi connectivity index (χ4n) is 4.25. The molecule has 0 bridgehead atoms. The molecule has 0 spiro atoms. The normalized spacial score (nSPS) is 21.7. The summed E-state index contributed by atoms with van der Waals surface area (Å²) in [5, 5.41) is 20.9. The van der Waals surface area contributed by atoms with Crippen LogP contribution in [0.25, 0.3) is 0 Å². The van der Waals surface area contributed by atoms with Crippen LogP contribution >= 0.6 is 11.8 Å². The number of amides is 1. The zero-order valence-electron chi connectivity index (χ0n) is 19.7. The van der Waals surface area contributed by atoms with Crippen molar-refractivity contribution in [2.24, 2.45) is 10.1 Å². The van der Waals surface area contributed by atoms with Crippen molar-refractivity contribution in [1.82, 2.24) is 15.6 Å². The molecule has 0 radical (unpaired) electrons. The van der Waals surface area contributed by atoms with Crippen LogP contribution in [0.4, 0.5) is 8.78 Å². The first-order valence-electron chi connectivity index (χ1n) is 11.6. The van der Waals surface area contributed by atoms with Gasteiger partial charge in [-0.25, -0.2) is 13.8 Å². The number of carbonyl (C=O) groups excluding carboxylic acids is 1. The second kappa shape index (κ2) is 11.5. The molecule has 1 amide bonds. The van der Waals surface area contributed by atoms with Gasteiger partial charge in [-0.1, -0.05) is 42.1 Å². The number of nitriles is 1. The predicted molar refractivity (Wildman–Crippen MR) is 134 cm³/mol. The molecule has 2 atom stereocenters. The van der Waals surface area contributed by atoms with Crippen molar-refractivity contribution in [3.63, 3.8) is 0 Å². The minimum Gasteiger partial charge on any atom is -0.368 e. The molecule has 2 aliphatic rings. The fourth-order valence-corrected chi connectivity index (χ4v) is 5.68. The molecule has 11 heteroatoms. The summed E-state index contributed by atoms with van der Waals surface area (Å²) in [5.41, 5.74) is 0.802. The first-order chi connectivity index (χ1) is 17.5. The van der Waals surface area contributed by atoms with Gasteiger partial charge in [0.2, 0.25) is 12.2 Å². The quantitative estimate of drug-likeness (QED) is 0.254. The third-order valence-corrected chi connectivity index (χ3v) is 7.42. The summed E-state index contributed by atoms with van der Waals surface area (Å²) in [7, 11) is 1.65. The monoisotopic (exact) mass is 512 g/mol. The Morgan fingerprint density at radius 3 is 2.83 bits per heavy atom. The number of nitrogens with zero attached hydrogens (tertiary/aromatic N) is 4. The molecule has 2 heterocycles. The van der Waals surface area contributed by atoms with Gasteiger partial charge in [0, 0.05) is 25.8 Å². The summed E-state index contributed by atoms with van der Waals surface area (Å²) in [5.74, 6) is -1.20. The Hall–Kier alpha value is -3.49. The number of guanidine groups is 1. The SMILES string of the molecule is CN/C(=N/C#N)NCCCC1(c2ccccc2)SC(c2cc(F)ccc2F)=NN1C(=O)C1CCCO1. The van der Waals surface area contributed by atoms with Crippen LogP contribution < -0.4 is 10.6 Å². The summed E-state index contributed by atoms with van der Waals surface area (Å²) in [6, 6.07) is 12.6. The van der Waals surface area contributed by atoms with E-state index in [0.717, 1.165) is 30.2 Å². The van der Waals surface area contributed by atoms with E-state index in [0.29, 0.717) is 38.4 Å². The molecule has 2 aromatic rings. The lowest BCUT2D eigenvalue weighted by molar-refractivity contribution is -0.144. The number of hydrogen-bond donors (Lipinski definition) is 2. The number of ether oxygens (including phenoxy) is 1. The van der Waals surface area contributed by atoms with E-state index in [-0.39, 0.29) is 16.5 Å². The number of rotatable bonds is 7. The highest BCUT2D eigenvalue weighted by molar-refractivity contribution is 8.15. The van der Waals surface area contributed by atoms with E-state index in [9.17, 15) is 13.6 Å². The molecule has 0 aliphatic carbocycles. The van der Waals surface area contributed by atoms with E-state index >= 15 is 0 Å². The summed E-state index contributed by atoms with van der Waals surface area (Å²) in [6.45, 7) is 0.932. The highest BCUT2D eigenvalue weighted by atomic mass is 32.2. The zero-order chi connectivity index (χ0) is 25.5. The Bertz CT molecular complexity index is 1200. The predicted octanol–water partition coefficient (Wildman–Crippen LogP) is 3.66. The lowest BCUT2D eigenvalue weighted by atomic mass is 9.99. The van der Waals surface area contributed by atoms with Gasteiger partial charge in [-0.05, 0) is 49.4 Å². The smallest absolute Gasteiger partial charge is 0.273 e. The molecular weight excluding hydrogens is 486 g/mol. The van der Waals surface area contributed by atoms with Crippen LogP contribution in [0.3, 0.4) is 0 Å². The van der Waals surface area contributed by atoms with Crippen molar-refractivity contribution in [2.75, 3.05) is 20.2 Å². The van der Waals surface area contributed by atoms with Crippen LogP contribution in [0.1, 0.15) is 36.8 Å². The molecule has 2 N–H and O–H groups in total. The Kier molecular flexibility index (Phi) is 8.18. The minimum absolute atomic E-state index is 0.000283. The molecule has 0 aromatic heterocycles. The Labute approximate surface area is 212 Å². The van der Waals surface area contributed by atoms with Crippen LogP contribution in [0.15, 0.2) is 58.6 Å². The first kappa shape index (κ1) is 25.6. The van der Waals surface area contributed by atoms with Gasteiger partial charge in [0.15, 0.2) is 0 Å². The molecule has 2 unspecified atom stereocenters. The molecule has 188 valence electrons. The maximum atomic E-state index is 14.8. The molecule has 2 aromatic carbocycles. The molecule has 0 saturated carbocycles. The topological polar surface area (TPSA) is 102 Å². The Morgan fingerprint density at radius 2 is 2.14 bits per heavy atom. The molecule has 1 saturated heterocycles. The van der Waals surface area contributed by atoms with Crippen LogP contribution in [0.5, 0.6) is 0 Å². The van der Waals surface area contributed by atoms with Crippen LogP contribution in [0, 0.1) is 23.1 Å². The third kappa shape index (κ3) is 5.34. The molecule has 8 nitrogen and oxygen atoms in total. The van der Waals surface area contributed by atoms with Crippen molar-refractivity contribution in [1.29, 1.82) is 5.26 Å². The van der Waals surface area contributed by atoms with Crippen molar-refractivity contribution >= 4 is 28.7 Å². The zero-order valence-corrected chi connectivity index (χ0v) is 20.5. The van der Waals surface area contributed by atoms with Crippen LogP contribution in [-0.2, 0) is 14.4 Å². The number of halogens is 2. The lowest BCUT2D eigenvalue weighted by Gasteiger charge is -2.37. The Balaban J connectivity index is 1.71. The number of thioether (sulfide) groups is 1. The lowest BCUT2D eigenvalue weighted by Crippen LogP contribution is -2.46. The van der Waals surface area contributed by atoms with Crippen LogP contribution in [0.2, 0.25) is 0 Å². The second-order valence-corrected chi connectivity index (χ2v) is 9.54. The van der Waals surface area contributed by atoms with E-state index in [1.807, 2.05) is 30.3 Å². The van der Waals surface area contributed by atoms with Crippen molar-refractivity contribution in [3.05, 3.63) is 71.3 Å². The largest absolute Gasteiger partial charge is 0.368 e. The number of hydrazone groups is 1. The number of nitrogens with one attached hydrogen (secondary N) is 2. The Morgan fingerprint density at radius 1 is 1.33 bits per heavy atom. The summed E-state index contributed by atoms with van der Waals surface area (Å²) in [6.07, 6.45) is 3.40. The number of benzene rings is 2. The van der Waals surface area contributed by atoms with E-state index in [1.165, 1.54) is 16.8 Å². The third-order valence-electron chi connectivity index (χ3n) is 5.98. The average molecular weight is 513 g/mol. The average Bonchev–Trinajstić information content (AvgIpc) is 3.57. The molecule has 1 fully saturated rings. The van der Waals surface area contributed by atoms with Crippen molar-refractivity contribution in [2.45, 2.75) is 36.7 Å². The van der Waals surface area contributed by atoms with E-state index in [4.69, 9.17) is 10.00 Å². The molecule has 36 heavy (non-hydrogen) atoms. The van der Waals surface area contributed by atoms with Gasteiger partial charge < -0.3 is 15.4 Å². The fraction of sp³-hybridized carbons (Fsp3) is 0.360. The van der Waals surface area contributed by atoms with Crippen molar-refractivity contribution < 1.29 is 18.3 Å². The summed E-state index contributed by atoms with van der Waals surface area (Å²) >= 11 is 1.22. The van der Waals surface area contributed by atoms with Crippen LogP contribution in [-0.4, -0.2) is 48.2 Å². The number of aliphatic imine (C=N–C) groups is 1. The highest BCUT2D eigenvalue weighted by Crippen LogP contribution is 2.51. The van der Waals surface area contributed by atoms with E-state index in [1.54, 1.807) is 13.2 Å². The maximum Gasteiger partial charge on any atom is 0.273 e. The standard InChI is InChI=1S/C25H26F2N6O2S/c1-29-24(31-16-28)30-13-6-12-25(17-7-3-2-4-8-17)33(23(34)21-9-5-14-35-21)32-22(36-25)19-15-18(26)10-11-20(19)27/h2-4,7-8,10-11,15,21H,5-6,9,12-14H2,1H3,(H2,29,30,31). The second-order valence-electron chi connectivity index (χ2n) is 8.27. The van der Waals surface area contributed by atoms with Gasteiger partial charge in [0.25, 0.3) is 5.91 Å². The van der Waals surface area contributed by atoms with Gasteiger partial charge in [-0.15, -0.1) is 4.99 Å². The van der Waals surface area contributed by atoms with E-state index in [2.05, 4.69) is 20.7 Å². The van der Waals surface area contributed by atoms with Gasteiger partial charge >= 0.3 is 0 Å². The van der Waals surface area contributed by atoms with Gasteiger partial charge in [-0.3, -0.25) is 4.79 Å². The highest BCUT2D eigenvalue weighted by Gasteiger charge is 2.50. The van der Waals surface area contributed by atoms with Gasteiger partial charge in [0.1, 0.15) is 27.7 Å². The van der Waals surface area contributed by atoms with Gasteiger partial charge in [0.05, 0.1) is 0 Å². The van der Waals surface area contributed by atoms with Crippen molar-refractivity contribution in [3.8, 4) is 6.19 Å². The number of carbonyl (C=O) groups is 1. The first-order valence-corrected chi connectivity index (χ1v) is 12.4. The number of hydrogen-bond acceptors (Lipinski definition) is 6. The molecule has 2 aliphatic heterocycles. The van der Waals surface area contributed by atoms with E-state index < -0.39 is 22.6 Å². The minimum atomic E-state index is -1.01. The summed E-state index contributed by atoms with van der Waals surface area (Å²) in [4.78, 5) is 16.3. The molecule has 4 rings (SSSR count). The maximum absolute atomic E-state index is 14.8.